The summed E-state index contributed by atoms with van der Waals surface area (Å²) in [7, 11) is 0. The molecule has 96 valence electrons. The Morgan fingerprint density at radius 2 is 1.81 bits per heavy atom. The van der Waals surface area contributed by atoms with Crippen molar-refractivity contribution < 1.29 is 8.78 Å². The van der Waals surface area contributed by atoms with Crippen LogP contribution in [0.3, 0.4) is 0 Å². The smallest absolute Gasteiger partial charge is 0.256 e. The van der Waals surface area contributed by atoms with E-state index in [-0.39, 0.29) is 0 Å². The summed E-state index contributed by atoms with van der Waals surface area (Å²) >= 11 is 0. The normalized spacial score (nSPS) is 30.9. The molecular formula is C13H25F2N. The van der Waals surface area contributed by atoms with Gasteiger partial charge in [0.25, 0.3) is 6.43 Å². The third-order valence-electron chi connectivity index (χ3n) is 3.84. The maximum Gasteiger partial charge on any atom is 0.256 e. The second kappa shape index (κ2) is 6.53. The van der Waals surface area contributed by atoms with E-state index in [0.717, 1.165) is 19.3 Å². The molecule has 0 amide bonds. The van der Waals surface area contributed by atoms with Crippen molar-refractivity contribution in [2.45, 2.75) is 70.8 Å². The lowest BCUT2D eigenvalue weighted by Crippen LogP contribution is -2.53. The zero-order valence-corrected chi connectivity index (χ0v) is 10.6. The molecule has 0 heterocycles. The highest BCUT2D eigenvalue weighted by molar-refractivity contribution is 4.94. The van der Waals surface area contributed by atoms with Gasteiger partial charge in [-0.25, -0.2) is 8.78 Å². The monoisotopic (exact) mass is 233 g/mol. The summed E-state index contributed by atoms with van der Waals surface area (Å²) < 4.78 is 26.3. The summed E-state index contributed by atoms with van der Waals surface area (Å²) in [6.45, 7) is 4.90. The summed E-state index contributed by atoms with van der Waals surface area (Å²) in [4.78, 5) is 0. The molecule has 0 aromatic rings. The largest absolute Gasteiger partial charge is 0.306 e. The Bertz CT molecular complexity index is 186. The molecule has 0 bridgehead atoms. The van der Waals surface area contributed by atoms with Crippen molar-refractivity contribution in [1.82, 2.24) is 5.32 Å². The van der Waals surface area contributed by atoms with Crippen molar-refractivity contribution in [3.8, 4) is 0 Å². The van der Waals surface area contributed by atoms with Gasteiger partial charge >= 0.3 is 0 Å². The Kier molecular flexibility index (Phi) is 5.67. The van der Waals surface area contributed by atoms with Gasteiger partial charge in [0.1, 0.15) is 0 Å². The average molecular weight is 233 g/mol. The predicted molar refractivity (Wildman–Crippen MR) is 63.9 cm³/mol. The number of hydrogen-bond donors (Lipinski definition) is 1. The quantitative estimate of drug-likeness (QED) is 0.731. The number of alkyl halides is 2. The van der Waals surface area contributed by atoms with E-state index in [9.17, 15) is 8.78 Å². The van der Waals surface area contributed by atoms with Crippen molar-refractivity contribution in [2.24, 2.45) is 5.92 Å². The van der Waals surface area contributed by atoms with Crippen LogP contribution in [-0.4, -0.2) is 18.5 Å². The fraction of sp³-hybridized carbons (Fsp3) is 1.00. The first-order valence-electron chi connectivity index (χ1n) is 6.67. The molecule has 0 radical (unpaired) electrons. The van der Waals surface area contributed by atoms with Gasteiger partial charge in [-0.1, -0.05) is 26.7 Å². The summed E-state index contributed by atoms with van der Waals surface area (Å²) in [5.41, 5.74) is -0.875. The Morgan fingerprint density at radius 3 is 2.25 bits per heavy atom. The van der Waals surface area contributed by atoms with Crippen molar-refractivity contribution in [1.29, 1.82) is 0 Å². The predicted octanol–water partition coefficient (Wildman–Crippen LogP) is 3.98. The van der Waals surface area contributed by atoms with Crippen LogP contribution in [0.25, 0.3) is 0 Å². The lowest BCUT2D eigenvalue weighted by molar-refractivity contribution is -0.00283. The Hall–Kier alpha value is -0.180. The Labute approximate surface area is 98.0 Å². The molecule has 1 N–H and O–H groups in total. The van der Waals surface area contributed by atoms with Crippen LogP contribution in [0.5, 0.6) is 0 Å². The van der Waals surface area contributed by atoms with Crippen molar-refractivity contribution in [2.75, 3.05) is 6.54 Å². The molecule has 1 saturated carbocycles. The SMILES string of the molecule is CCCNC1(C(F)F)CCC(CCC)CC1. The zero-order valence-electron chi connectivity index (χ0n) is 10.6. The van der Waals surface area contributed by atoms with Crippen LogP contribution >= 0.6 is 0 Å². The van der Waals surface area contributed by atoms with E-state index in [2.05, 4.69) is 12.2 Å². The van der Waals surface area contributed by atoms with E-state index in [1.54, 1.807) is 0 Å². The van der Waals surface area contributed by atoms with Gasteiger partial charge in [0.05, 0.1) is 5.54 Å². The number of rotatable bonds is 6. The minimum Gasteiger partial charge on any atom is -0.306 e. The highest BCUT2D eigenvalue weighted by Gasteiger charge is 2.42. The Balaban J connectivity index is 2.48. The van der Waals surface area contributed by atoms with Crippen LogP contribution in [0.2, 0.25) is 0 Å². The van der Waals surface area contributed by atoms with Crippen LogP contribution < -0.4 is 5.32 Å². The molecule has 1 aliphatic rings. The fourth-order valence-corrected chi connectivity index (χ4v) is 2.74. The van der Waals surface area contributed by atoms with Crippen LogP contribution in [0.15, 0.2) is 0 Å². The third-order valence-corrected chi connectivity index (χ3v) is 3.84. The van der Waals surface area contributed by atoms with E-state index in [4.69, 9.17) is 0 Å². The molecule has 0 aromatic carbocycles. The first-order valence-corrected chi connectivity index (χ1v) is 6.67. The summed E-state index contributed by atoms with van der Waals surface area (Å²) in [5.74, 6) is 0.681. The van der Waals surface area contributed by atoms with Crippen LogP contribution in [0, 0.1) is 5.92 Å². The second-order valence-corrected chi connectivity index (χ2v) is 5.12. The number of nitrogens with one attached hydrogen (secondary N) is 1. The highest BCUT2D eigenvalue weighted by atomic mass is 19.3. The van der Waals surface area contributed by atoms with Gasteiger partial charge in [0.15, 0.2) is 0 Å². The molecule has 3 heteroatoms. The van der Waals surface area contributed by atoms with Crippen molar-refractivity contribution >= 4 is 0 Å². The zero-order chi connectivity index (χ0) is 12.0. The molecule has 1 rings (SSSR count). The lowest BCUT2D eigenvalue weighted by atomic mass is 9.75. The molecular weight excluding hydrogens is 208 g/mol. The summed E-state index contributed by atoms with van der Waals surface area (Å²) in [6.07, 6.45) is 4.31. The van der Waals surface area contributed by atoms with Gasteiger partial charge < -0.3 is 5.32 Å². The van der Waals surface area contributed by atoms with Crippen molar-refractivity contribution in [3.63, 3.8) is 0 Å². The molecule has 0 atom stereocenters. The summed E-state index contributed by atoms with van der Waals surface area (Å²) in [6, 6.07) is 0. The molecule has 1 nitrogen and oxygen atoms in total. The minimum atomic E-state index is -2.22. The highest BCUT2D eigenvalue weighted by Crippen LogP contribution is 2.37. The van der Waals surface area contributed by atoms with E-state index in [1.165, 1.54) is 12.8 Å². The van der Waals surface area contributed by atoms with E-state index in [0.29, 0.717) is 25.3 Å². The molecule has 1 aliphatic carbocycles. The van der Waals surface area contributed by atoms with Gasteiger partial charge in [-0.05, 0) is 44.6 Å². The maximum atomic E-state index is 13.1. The molecule has 0 spiro atoms. The van der Waals surface area contributed by atoms with Gasteiger partial charge in [-0.15, -0.1) is 0 Å². The molecule has 16 heavy (non-hydrogen) atoms. The number of hydrogen-bond acceptors (Lipinski definition) is 1. The molecule has 0 aliphatic heterocycles. The van der Waals surface area contributed by atoms with Gasteiger partial charge in [-0.2, -0.15) is 0 Å². The van der Waals surface area contributed by atoms with Gasteiger partial charge in [0, 0.05) is 0 Å². The minimum absolute atomic E-state index is 0.648. The van der Waals surface area contributed by atoms with Crippen molar-refractivity contribution in [3.05, 3.63) is 0 Å². The van der Waals surface area contributed by atoms with Gasteiger partial charge in [-0.3, -0.25) is 0 Å². The lowest BCUT2D eigenvalue weighted by Gasteiger charge is -2.40. The van der Waals surface area contributed by atoms with E-state index in [1.807, 2.05) is 6.92 Å². The Morgan fingerprint density at radius 1 is 1.19 bits per heavy atom. The summed E-state index contributed by atoms with van der Waals surface area (Å²) in [5, 5.41) is 3.10. The standard InChI is InChI=1S/C13H25F2N/c1-3-5-11-6-8-13(9-7-11,12(14)15)16-10-4-2/h11-12,16H,3-10H2,1-2H3. The first kappa shape index (κ1) is 13.9. The maximum absolute atomic E-state index is 13.1. The fourth-order valence-electron chi connectivity index (χ4n) is 2.74. The molecule has 1 fully saturated rings. The first-order chi connectivity index (χ1) is 7.64. The third kappa shape index (κ3) is 3.41. The molecule has 0 unspecified atom stereocenters. The number of halogens is 2. The molecule has 0 saturated heterocycles. The molecule has 0 aromatic heterocycles. The average Bonchev–Trinajstić information content (AvgIpc) is 2.28. The van der Waals surface area contributed by atoms with Crippen LogP contribution in [0.1, 0.15) is 58.8 Å². The van der Waals surface area contributed by atoms with Crippen LogP contribution in [-0.2, 0) is 0 Å². The van der Waals surface area contributed by atoms with Gasteiger partial charge in [0.2, 0.25) is 0 Å². The van der Waals surface area contributed by atoms with E-state index < -0.39 is 12.0 Å². The second-order valence-electron chi connectivity index (χ2n) is 5.12. The van der Waals surface area contributed by atoms with Crippen LogP contribution in [0.4, 0.5) is 8.78 Å². The topological polar surface area (TPSA) is 12.0 Å². The van der Waals surface area contributed by atoms with E-state index >= 15 is 0 Å².